The maximum atomic E-state index is 14.3. The molecule has 0 bridgehead atoms. The Kier molecular flexibility index (Phi) is 11.2. The SMILES string of the molecule is CC(C)(C)OC(=O)NC(Cc1c[nH]c2ccccc12)C(=O)NC(Cc1c[nH]c2ccccc12)C(=O)NC(Cc1ccccc1)C(=O)OC(C)(C)C. The minimum Gasteiger partial charge on any atom is -0.458 e. The molecule has 268 valence electrons. The molecule has 3 amide bonds. The zero-order valence-electron chi connectivity index (χ0n) is 30.0. The molecule has 11 heteroatoms. The van der Waals surface area contributed by atoms with Crippen LogP contribution >= 0.6 is 0 Å². The molecule has 0 radical (unpaired) electrons. The van der Waals surface area contributed by atoms with Crippen LogP contribution in [0.4, 0.5) is 4.79 Å². The van der Waals surface area contributed by atoms with Crippen LogP contribution in [0.15, 0.2) is 91.3 Å². The second kappa shape index (κ2) is 15.5. The molecule has 0 aliphatic rings. The highest BCUT2D eigenvalue weighted by atomic mass is 16.6. The molecule has 0 aliphatic heterocycles. The zero-order chi connectivity index (χ0) is 36.8. The van der Waals surface area contributed by atoms with Crippen molar-refractivity contribution in [1.29, 1.82) is 0 Å². The molecule has 2 aromatic heterocycles. The van der Waals surface area contributed by atoms with Gasteiger partial charge in [-0.3, -0.25) is 9.59 Å². The first-order valence-electron chi connectivity index (χ1n) is 17.1. The lowest BCUT2D eigenvalue weighted by molar-refractivity contribution is -0.158. The molecular formula is C40H47N5O6. The Morgan fingerprint density at radius 1 is 0.569 bits per heavy atom. The molecule has 3 atom stereocenters. The zero-order valence-corrected chi connectivity index (χ0v) is 30.0. The number of hydrogen-bond acceptors (Lipinski definition) is 6. The maximum absolute atomic E-state index is 14.3. The number of fused-ring (bicyclic) bond motifs is 2. The number of ether oxygens (including phenoxy) is 2. The van der Waals surface area contributed by atoms with Crippen molar-refractivity contribution < 1.29 is 28.7 Å². The van der Waals surface area contributed by atoms with E-state index in [9.17, 15) is 19.2 Å². The van der Waals surface area contributed by atoms with Gasteiger partial charge < -0.3 is 35.4 Å². The number of nitrogens with one attached hydrogen (secondary N) is 5. The highest BCUT2D eigenvalue weighted by Gasteiger charge is 2.33. The monoisotopic (exact) mass is 693 g/mol. The van der Waals surface area contributed by atoms with Crippen LogP contribution in [0.2, 0.25) is 0 Å². The third-order valence-electron chi connectivity index (χ3n) is 8.13. The van der Waals surface area contributed by atoms with Crippen molar-refractivity contribution in [1.82, 2.24) is 25.9 Å². The summed E-state index contributed by atoms with van der Waals surface area (Å²) in [5.74, 6) is -1.77. The molecule has 5 rings (SSSR count). The van der Waals surface area contributed by atoms with Crippen LogP contribution in [-0.2, 0) is 43.1 Å². The van der Waals surface area contributed by atoms with Gasteiger partial charge >= 0.3 is 12.1 Å². The van der Waals surface area contributed by atoms with E-state index in [4.69, 9.17) is 9.47 Å². The summed E-state index contributed by atoms with van der Waals surface area (Å²) in [4.78, 5) is 61.5. The fourth-order valence-electron chi connectivity index (χ4n) is 5.87. The Morgan fingerprint density at radius 2 is 1.02 bits per heavy atom. The molecule has 0 saturated carbocycles. The Hall–Kier alpha value is -5.58. The number of benzene rings is 3. The number of H-pyrrole nitrogens is 2. The first kappa shape index (κ1) is 36.7. The van der Waals surface area contributed by atoms with Gasteiger partial charge in [0.15, 0.2) is 0 Å². The van der Waals surface area contributed by atoms with E-state index in [2.05, 4.69) is 25.9 Å². The van der Waals surface area contributed by atoms with Gasteiger partial charge in [-0.1, -0.05) is 66.7 Å². The van der Waals surface area contributed by atoms with Crippen LogP contribution in [0.5, 0.6) is 0 Å². The summed E-state index contributed by atoms with van der Waals surface area (Å²) in [5.41, 5.74) is 2.57. The van der Waals surface area contributed by atoms with Gasteiger partial charge in [0.1, 0.15) is 29.3 Å². The molecular weight excluding hydrogens is 646 g/mol. The van der Waals surface area contributed by atoms with Crippen LogP contribution in [0.1, 0.15) is 58.2 Å². The van der Waals surface area contributed by atoms with E-state index in [1.807, 2.05) is 78.9 Å². The first-order chi connectivity index (χ1) is 24.1. The maximum Gasteiger partial charge on any atom is 0.408 e. The van der Waals surface area contributed by atoms with Crippen molar-refractivity contribution in [3.63, 3.8) is 0 Å². The Morgan fingerprint density at radius 3 is 1.53 bits per heavy atom. The van der Waals surface area contributed by atoms with E-state index in [0.29, 0.717) is 0 Å². The second-order valence-corrected chi connectivity index (χ2v) is 14.7. The average molecular weight is 694 g/mol. The molecule has 0 aliphatic carbocycles. The predicted molar refractivity (Wildman–Crippen MR) is 197 cm³/mol. The molecule has 0 spiro atoms. The van der Waals surface area contributed by atoms with Crippen LogP contribution < -0.4 is 16.0 Å². The largest absolute Gasteiger partial charge is 0.458 e. The van der Waals surface area contributed by atoms with E-state index in [-0.39, 0.29) is 19.3 Å². The number of para-hydroxylation sites is 2. The van der Waals surface area contributed by atoms with E-state index in [1.54, 1.807) is 53.9 Å². The molecule has 2 heterocycles. The van der Waals surface area contributed by atoms with Gasteiger partial charge in [0, 0.05) is 53.5 Å². The molecule has 5 N–H and O–H groups in total. The Balaban J connectivity index is 1.46. The summed E-state index contributed by atoms with van der Waals surface area (Å²) < 4.78 is 11.2. The standard InChI is InChI=1S/C40H47N5O6/c1-39(2,3)50-37(48)34(20-25-14-8-7-9-15-25)44-35(46)32(21-26-23-41-30-18-12-10-16-28(26)30)43-36(47)33(45-38(49)51-40(4,5)6)22-27-24-42-31-19-13-11-17-29(27)31/h7-19,23-24,32-34,41-42H,20-22H2,1-6H3,(H,43,47)(H,44,46)(H,45,49). The van der Waals surface area contributed by atoms with Gasteiger partial charge in [0.2, 0.25) is 11.8 Å². The number of esters is 1. The van der Waals surface area contributed by atoms with Crippen LogP contribution in [-0.4, -0.2) is 63.2 Å². The lowest BCUT2D eigenvalue weighted by Gasteiger charge is -2.28. The van der Waals surface area contributed by atoms with E-state index >= 15 is 0 Å². The quantitative estimate of drug-likeness (QED) is 0.103. The number of amides is 3. The van der Waals surface area contributed by atoms with Crippen molar-refractivity contribution in [2.45, 2.75) is 90.1 Å². The van der Waals surface area contributed by atoms with Gasteiger partial charge in [0.05, 0.1) is 0 Å². The average Bonchev–Trinajstić information content (AvgIpc) is 3.66. The summed E-state index contributed by atoms with van der Waals surface area (Å²) in [5, 5.41) is 10.3. The van der Waals surface area contributed by atoms with Gasteiger partial charge in [-0.05, 0) is 70.4 Å². The minimum atomic E-state index is -1.14. The van der Waals surface area contributed by atoms with Crippen molar-refractivity contribution in [3.8, 4) is 0 Å². The topological polar surface area (TPSA) is 154 Å². The Labute approximate surface area is 297 Å². The van der Waals surface area contributed by atoms with Crippen molar-refractivity contribution in [2.24, 2.45) is 0 Å². The number of carbonyl (C=O) groups excluding carboxylic acids is 4. The number of aromatic nitrogens is 2. The number of rotatable bonds is 12. The summed E-state index contributed by atoms with van der Waals surface area (Å²) in [6, 6.07) is 21.3. The van der Waals surface area contributed by atoms with E-state index in [1.165, 1.54) is 0 Å². The van der Waals surface area contributed by atoms with Crippen molar-refractivity contribution in [2.75, 3.05) is 0 Å². The number of aromatic amines is 2. The number of alkyl carbamates (subject to hydrolysis) is 1. The second-order valence-electron chi connectivity index (χ2n) is 14.7. The van der Waals surface area contributed by atoms with Gasteiger partial charge in [-0.25, -0.2) is 9.59 Å². The van der Waals surface area contributed by atoms with Gasteiger partial charge in [-0.2, -0.15) is 0 Å². The number of hydrogen-bond donors (Lipinski definition) is 5. The van der Waals surface area contributed by atoms with Crippen molar-refractivity contribution in [3.05, 3.63) is 108 Å². The minimum absolute atomic E-state index is 0.0974. The van der Waals surface area contributed by atoms with E-state index in [0.717, 1.165) is 38.5 Å². The first-order valence-corrected chi connectivity index (χ1v) is 17.1. The molecule has 0 saturated heterocycles. The smallest absolute Gasteiger partial charge is 0.408 e. The Bertz CT molecular complexity index is 1980. The van der Waals surface area contributed by atoms with Gasteiger partial charge in [0.25, 0.3) is 0 Å². The normalized spacial score (nSPS) is 13.6. The molecule has 5 aromatic rings. The molecule has 3 unspecified atom stereocenters. The third kappa shape index (κ3) is 10.2. The lowest BCUT2D eigenvalue weighted by atomic mass is 10.0. The molecule has 3 aromatic carbocycles. The van der Waals surface area contributed by atoms with Crippen molar-refractivity contribution >= 4 is 45.7 Å². The molecule has 0 fully saturated rings. The number of carbonyl (C=O) groups is 4. The fraction of sp³-hybridized carbons (Fsp3) is 0.350. The van der Waals surface area contributed by atoms with Crippen LogP contribution in [0.3, 0.4) is 0 Å². The molecule has 11 nitrogen and oxygen atoms in total. The summed E-state index contributed by atoms with van der Waals surface area (Å²) in [7, 11) is 0. The fourth-order valence-corrected chi connectivity index (χ4v) is 5.87. The van der Waals surface area contributed by atoms with Gasteiger partial charge in [-0.15, -0.1) is 0 Å². The summed E-state index contributed by atoms with van der Waals surface area (Å²) >= 11 is 0. The highest BCUT2D eigenvalue weighted by Crippen LogP contribution is 2.22. The third-order valence-corrected chi connectivity index (χ3v) is 8.13. The summed E-state index contributed by atoms with van der Waals surface area (Å²) in [6.07, 6.45) is 3.22. The highest BCUT2D eigenvalue weighted by molar-refractivity contribution is 5.95. The van der Waals surface area contributed by atoms with Crippen LogP contribution in [0, 0.1) is 0 Å². The molecule has 51 heavy (non-hydrogen) atoms. The lowest BCUT2D eigenvalue weighted by Crippen LogP contribution is -2.57. The summed E-state index contributed by atoms with van der Waals surface area (Å²) in [6.45, 7) is 10.5. The van der Waals surface area contributed by atoms with Crippen LogP contribution in [0.25, 0.3) is 21.8 Å². The van der Waals surface area contributed by atoms with E-state index < -0.39 is 53.2 Å². The predicted octanol–water partition coefficient (Wildman–Crippen LogP) is 5.88.